The fraction of sp³-hybridized carbons (Fsp3) is 0.375. The molecule has 1 aromatic rings. The molecule has 1 heterocycles. The monoisotopic (exact) mass is 218 g/mol. The van der Waals surface area contributed by atoms with Gasteiger partial charge in [0.05, 0.1) is 11.0 Å². The first-order valence-electron chi connectivity index (χ1n) is 3.71. The second-order valence-electron chi connectivity index (χ2n) is 2.55. The molecule has 0 saturated carbocycles. The van der Waals surface area contributed by atoms with E-state index in [1.807, 2.05) is 0 Å². The van der Waals surface area contributed by atoms with Gasteiger partial charge in [0.2, 0.25) is 0 Å². The summed E-state index contributed by atoms with van der Waals surface area (Å²) in [6, 6.07) is 3.24. The minimum absolute atomic E-state index is 0.190. The Morgan fingerprint density at radius 1 is 1.54 bits per heavy atom. The van der Waals surface area contributed by atoms with Gasteiger partial charge in [-0.1, -0.05) is 0 Å². The van der Waals surface area contributed by atoms with Crippen LogP contribution >= 0.6 is 24.0 Å². The van der Waals surface area contributed by atoms with E-state index in [1.54, 1.807) is 12.1 Å². The van der Waals surface area contributed by atoms with Crippen molar-refractivity contribution in [3.05, 3.63) is 21.9 Å². The molecule has 1 rings (SSSR count). The zero-order chi connectivity index (χ0) is 9.84. The Bertz CT molecular complexity index is 285. The number of carbonyl (C=O) groups is 1. The van der Waals surface area contributed by atoms with E-state index < -0.39 is 12.2 Å². The van der Waals surface area contributed by atoms with Crippen molar-refractivity contribution in [3.8, 4) is 0 Å². The lowest BCUT2D eigenvalue weighted by Gasteiger charge is -2.13. The summed E-state index contributed by atoms with van der Waals surface area (Å²) in [7, 11) is 0. The summed E-state index contributed by atoms with van der Waals surface area (Å²) < 4.78 is 0. The minimum atomic E-state index is -0.948. The lowest BCUT2D eigenvalue weighted by molar-refractivity contribution is 0.0361. The van der Waals surface area contributed by atoms with E-state index in [4.69, 9.17) is 0 Å². The number of hydrogen-bond acceptors (Lipinski definition) is 5. The standard InChI is InChI=1S/C8H10O3S2/c9-3-5-1-2-7(13-5)8(11)6(10)4-12/h1-3,6,8,10-12H,4H2. The van der Waals surface area contributed by atoms with Gasteiger partial charge in [-0.15, -0.1) is 11.3 Å². The van der Waals surface area contributed by atoms with Crippen molar-refractivity contribution in [1.82, 2.24) is 0 Å². The predicted octanol–water partition coefficient (Wildman–Crippen LogP) is 0.885. The zero-order valence-corrected chi connectivity index (χ0v) is 8.46. The molecule has 0 aliphatic heterocycles. The quantitative estimate of drug-likeness (QED) is 0.519. The Morgan fingerprint density at radius 3 is 2.69 bits per heavy atom. The first kappa shape index (κ1) is 10.7. The van der Waals surface area contributed by atoms with Crippen LogP contribution in [0.3, 0.4) is 0 Å². The molecular weight excluding hydrogens is 208 g/mol. The molecule has 0 aromatic carbocycles. The highest BCUT2D eigenvalue weighted by molar-refractivity contribution is 7.80. The fourth-order valence-corrected chi connectivity index (χ4v) is 1.95. The van der Waals surface area contributed by atoms with Gasteiger partial charge in [0.1, 0.15) is 6.10 Å². The number of hydrogen-bond donors (Lipinski definition) is 3. The molecule has 2 atom stereocenters. The van der Waals surface area contributed by atoms with Crippen LogP contribution in [0, 0.1) is 0 Å². The van der Waals surface area contributed by atoms with E-state index in [2.05, 4.69) is 12.6 Å². The lowest BCUT2D eigenvalue weighted by Crippen LogP contribution is -2.18. The van der Waals surface area contributed by atoms with Gasteiger partial charge in [0.25, 0.3) is 0 Å². The molecule has 0 aliphatic rings. The van der Waals surface area contributed by atoms with Gasteiger partial charge >= 0.3 is 0 Å². The number of aliphatic hydroxyl groups is 2. The average Bonchev–Trinajstić information content (AvgIpc) is 2.63. The second kappa shape index (κ2) is 4.76. The van der Waals surface area contributed by atoms with E-state index in [-0.39, 0.29) is 5.75 Å². The number of thiophene rings is 1. The van der Waals surface area contributed by atoms with Crippen molar-refractivity contribution in [2.24, 2.45) is 0 Å². The Labute approximate surface area is 85.4 Å². The maximum absolute atomic E-state index is 10.3. The summed E-state index contributed by atoms with van der Waals surface area (Å²) in [5.74, 6) is 0.190. The molecule has 0 saturated heterocycles. The van der Waals surface area contributed by atoms with Crippen LogP contribution in [0.5, 0.6) is 0 Å². The molecule has 0 bridgehead atoms. The Kier molecular flexibility index (Phi) is 3.92. The van der Waals surface area contributed by atoms with Crippen LogP contribution in [0.2, 0.25) is 0 Å². The summed E-state index contributed by atoms with van der Waals surface area (Å²) in [5.41, 5.74) is 0. The van der Waals surface area contributed by atoms with E-state index >= 15 is 0 Å². The van der Waals surface area contributed by atoms with Crippen molar-refractivity contribution in [2.45, 2.75) is 12.2 Å². The van der Waals surface area contributed by atoms with Crippen molar-refractivity contribution in [2.75, 3.05) is 5.75 Å². The summed E-state index contributed by atoms with van der Waals surface area (Å²) in [5, 5.41) is 18.7. The van der Waals surface area contributed by atoms with E-state index in [0.717, 1.165) is 0 Å². The van der Waals surface area contributed by atoms with Crippen molar-refractivity contribution < 1.29 is 15.0 Å². The highest BCUT2D eigenvalue weighted by Crippen LogP contribution is 2.24. The molecule has 2 unspecified atom stereocenters. The molecule has 0 radical (unpaired) electrons. The molecule has 5 heteroatoms. The van der Waals surface area contributed by atoms with E-state index in [9.17, 15) is 15.0 Å². The van der Waals surface area contributed by atoms with Crippen LogP contribution in [0.15, 0.2) is 12.1 Å². The Balaban J connectivity index is 2.76. The summed E-state index contributed by atoms with van der Waals surface area (Å²) in [6.07, 6.45) is -1.12. The van der Waals surface area contributed by atoms with Gasteiger partial charge in [-0.05, 0) is 12.1 Å². The van der Waals surface area contributed by atoms with Crippen molar-refractivity contribution in [1.29, 1.82) is 0 Å². The molecule has 0 aliphatic carbocycles. The molecule has 0 amide bonds. The molecule has 3 nitrogen and oxygen atoms in total. The molecule has 72 valence electrons. The Hall–Kier alpha value is -0.360. The van der Waals surface area contributed by atoms with Crippen LogP contribution < -0.4 is 0 Å². The Morgan fingerprint density at radius 2 is 2.23 bits per heavy atom. The maximum Gasteiger partial charge on any atom is 0.160 e. The minimum Gasteiger partial charge on any atom is -0.389 e. The SMILES string of the molecule is O=Cc1ccc(C(O)C(O)CS)s1. The third kappa shape index (κ3) is 2.54. The predicted molar refractivity (Wildman–Crippen MR) is 54.5 cm³/mol. The van der Waals surface area contributed by atoms with Crippen LogP contribution in [-0.2, 0) is 0 Å². The van der Waals surface area contributed by atoms with Gasteiger partial charge in [-0.3, -0.25) is 4.79 Å². The van der Waals surface area contributed by atoms with Crippen LogP contribution in [0.1, 0.15) is 20.7 Å². The van der Waals surface area contributed by atoms with Gasteiger partial charge in [-0.2, -0.15) is 12.6 Å². The number of carbonyl (C=O) groups excluding carboxylic acids is 1. The first-order chi connectivity index (χ1) is 6.19. The lowest BCUT2D eigenvalue weighted by atomic mass is 10.2. The highest BCUT2D eigenvalue weighted by atomic mass is 32.1. The summed E-state index contributed by atoms with van der Waals surface area (Å²) in [4.78, 5) is 11.5. The molecule has 2 N–H and O–H groups in total. The molecule has 0 fully saturated rings. The third-order valence-electron chi connectivity index (χ3n) is 1.61. The van der Waals surface area contributed by atoms with Gasteiger partial charge < -0.3 is 10.2 Å². The van der Waals surface area contributed by atoms with E-state index in [1.165, 1.54) is 11.3 Å². The molecular formula is C8H10O3S2. The topological polar surface area (TPSA) is 57.5 Å². The number of rotatable bonds is 4. The number of aldehydes is 1. The van der Waals surface area contributed by atoms with Crippen LogP contribution in [0.25, 0.3) is 0 Å². The van der Waals surface area contributed by atoms with Gasteiger partial charge in [0.15, 0.2) is 6.29 Å². The number of aliphatic hydroxyl groups excluding tert-OH is 2. The van der Waals surface area contributed by atoms with Gasteiger partial charge in [0, 0.05) is 10.6 Å². The second-order valence-corrected chi connectivity index (χ2v) is 4.06. The van der Waals surface area contributed by atoms with Crippen LogP contribution in [-0.4, -0.2) is 28.4 Å². The van der Waals surface area contributed by atoms with Gasteiger partial charge in [-0.25, -0.2) is 0 Å². The van der Waals surface area contributed by atoms with Crippen LogP contribution in [0.4, 0.5) is 0 Å². The normalized spacial score (nSPS) is 15.3. The molecule has 13 heavy (non-hydrogen) atoms. The zero-order valence-electron chi connectivity index (χ0n) is 6.75. The molecule has 0 spiro atoms. The maximum atomic E-state index is 10.3. The number of thiol groups is 1. The fourth-order valence-electron chi connectivity index (χ4n) is 0.880. The largest absolute Gasteiger partial charge is 0.389 e. The third-order valence-corrected chi connectivity index (χ3v) is 3.06. The smallest absolute Gasteiger partial charge is 0.160 e. The summed E-state index contributed by atoms with van der Waals surface area (Å²) >= 11 is 5.03. The van der Waals surface area contributed by atoms with Crippen molar-refractivity contribution >= 4 is 30.3 Å². The molecule has 1 aromatic heterocycles. The highest BCUT2D eigenvalue weighted by Gasteiger charge is 2.18. The first-order valence-corrected chi connectivity index (χ1v) is 5.16. The average molecular weight is 218 g/mol. The van der Waals surface area contributed by atoms with Crippen molar-refractivity contribution in [3.63, 3.8) is 0 Å². The van der Waals surface area contributed by atoms with E-state index in [0.29, 0.717) is 16.0 Å². The summed E-state index contributed by atoms with van der Waals surface area (Å²) in [6.45, 7) is 0.